The van der Waals surface area contributed by atoms with E-state index in [1.807, 2.05) is 37.3 Å². The first kappa shape index (κ1) is 20.5. The fourth-order valence-electron chi connectivity index (χ4n) is 2.48. The summed E-state index contributed by atoms with van der Waals surface area (Å²) in [5, 5.41) is 6.24. The fraction of sp³-hybridized carbons (Fsp3) is 0.211. The van der Waals surface area contributed by atoms with E-state index in [4.69, 9.17) is 4.74 Å². The Morgan fingerprint density at radius 1 is 1.07 bits per heavy atom. The normalized spacial score (nSPS) is 11.1. The van der Waals surface area contributed by atoms with Gasteiger partial charge in [0.15, 0.2) is 0 Å². The molecule has 0 unspecified atom stereocenters. The molecule has 29 heavy (non-hydrogen) atoms. The highest BCUT2D eigenvalue weighted by Gasteiger charge is 2.12. The summed E-state index contributed by atoms with van der Waals surface area (Å²) in [6.45, 7) is 2.36. The molecule has 0 saturated heterocycles. The van der Waals surface area contributed by atoms with Crippen LogP contribution in [0.4, 0.5) is 17.5 Å². The molecule has 0 atom stereocenters. The van der Waals surface area contributed by atoms with Crippen molar-refractivity contribution in [2.24, 2.45) is 0 Å². The summed E-state index contributed by atoms with van der Waals surface area (Å²) >= 11 is 0. The summed E-state index contributed by atoms with van der Waals surface area (Å²) in [6.07, 6.45) is 2.82. The zero-order valence-corrected chi connectivity index (χ0v) is 16.9. The molecule has 1 aromatic carbocycles. The van der Waals surface area contributed by atoms with E-state index in [2.05, 4.69) is 30.3 Å². The first-order valence-corrected chi connectivity index (χ1v) is 10.3. The fourth-order valence-corrected chi connectivity index (χ4v) is 3.48. The molecule has 9 nitrogen and oxygen atoms in total. The lowest BCUT2D eigenvalue weighted by molar-refractivity contribution is 0.415. The largest absolute Gasteiger partial charge is 0.497 e. The average molecular weight is 414 g/mol. The van der Waals surface area contributed by atoms with Gasteiger partial charge in [0.05, 0.1) is 7.11 Å². The number of nitrogens with zero attached hydrogens (tertiary/aromatic N) is 3. The summed E-state index contributed by atoms with van der Waals surface area (Å²) in [4.78, 5) is 12.7. The number of anilines is 3. The van der Waals surface area contributed by atoms with Crippen molar-refractivity contribution in [3.63, 3.8) is 0 Å². The third-order valence-electron chi connectivity index (χ3n) is 3.86. The number of nitrogens with one attached hydrogen (secondary N) is 3. The molecule has 152 valence electrons. The van der Waals surface area contributed by atoms with Gasteiger partial charge < -0.3 is 15.4 Å². The van der Waals surface area contributed by atoms with Crippen molar-refractivity contribution < 1.29 is 13.2 Å². The molecular formula is C19H22N6O3S. The molecule has 0 radical (unpaired) electrons. The number of ether oxygens (including phenoxy) is 1. The molecule has 2 heterocycles. The zero-order valence-electron chi connectivity index (χ0n) is 16.1. The highest BCUT2D eigenvalue weighted by molar-refractivity contribution is 7.89. The molecule has 0 fully saturated rings. The highest BCUT2D eigenvalue weighted by Crippen LogP contribution is 2.19. The van der Waals surface area contributed by atoms with Crippen LogP contribution in [0.5, 0.6) is 5.75 Å². The van der Waals surface area contributed by atoms with Crippen LogP contribution >= 0.6 is 0 Å². The van der Waals surface area contributed by atoms with Crippen molar-refractivity contribution in [3.8, 4) is 5.75 Å². The van der Waals surface area contributed by atoms with Crippen LogP contribution in [0, 0.1) is 6.92 Å². The number of hydrogen-bond donors (Lipinski definition) is 3. The Hall–Kier alpha value is -3.24. The van der Waals surface area contributed by atoms with E-state index in [0.29, 0.717) is 18.3 Å². The second-order valence-corrected chi connectivity index (χ2v) is 7.85. The Bertz CT molecular complexity index is 1040. The first-order chi connectivity index (χ1) is 14.0. The van der Waals surface area contributed by atoms with Crippen molar-refractivity contribution in [3.05, 3.63) is 60.6 Å². The van der Waals surface area contributed by atoms with E-state index in [1.54, 1.807) is 13.2 Å². The lowest BCUT2D eigenvalue weighted by atomic mass is 10.3. The number of benzene rings is 1. The van der Waals surface area contributed by atoms with Gasteiger partial charge in [-0.2, -0.15) is 4.98 Å². The van der Waals surface area contributed by atoms with Crippen molar-refractivity contribution in [1.82, 2.24) is 19.7 Å². The van der Waals surface area contributed by atoms with E-state index in [9.17, 15) is 8.42 Å². The number of methoxy groups -OCH3 is 1. The van der Waals surface area contributed by atoms with E-state index >= 15 is 0 Å². The molecule has 0 amide bonds. The van der Waals surface area contributed by atoms with E-state index < -0.39 is 10.0 Å². The second-order valence-electron chi connectivity index (χ2n) is 6.08. The van der Waals surface area contributed by atoms with Gasteiger partial charge in [0.2, 0.25) is 16.0 Å². The number of aryl methyl sites for hydroxylation is 1. The smallest absolute Gasteiger partial charge is 0.242 e. The summed E-state index contributed by atoms with van der Waals surface area (Å²) in [5.41, 5.74) is 1.63. The number of sulfonamides is 1. The standard InChI is InChI=1S/C19H22N6O3S/c1-14-12-18(24-15-5-7-16(28-2)8-6-15)25-19(23-14)21-10-11-22-29(26,27)17-4-3-9-20-13-17/h3-9,12-13,22H,10-11H2,1-2H3,(H2,21,23,24,25). The van der Waals surface area contributed by atoms with Crippen LogP contribution in [0.2, 0.25) is 0 Å². The summed E-state index contributed by atoms with van der Waals surface area (Å²) in [5.74, 6) is 1.80. The third kappa shape index (κ3) is 5.87. The predicted octanol–water partition coefficient (Wildman–Crippen LogP) is 2.32. The molecule has 0 aliphatic heterocycles. The molecule has 0 aliphatic carbocycles. The van der Waals surface area contributed by atoms with Gasteiger partial charge in [0.25, 0.3) is 0 Å². The van der Waals surface area contributed by atoms with Gasteiger partial charge in [-0.25, -0.2) is 18.1 Å². The van der Waals surface area contributed by atoms with Gasteiger partial charge in [-0.1, -0.05) is 0 Å². The summed E-state index contributed by atoms with van der Waals surface area (Å²) in [7, 11) is -1.98. The maximum absolute atomic E-state index is 12.2. The molecule has 0 spiro atoms. The SMILES string of the molecule is COc1ccc(Nc2cc(C)nc(NCCNS(=O)(=O)c3cccnc3)n2)cc1. The van der Waals surface area contributed by atoms with Crippen LogP contribution < -0.4 is 20.1 Å². The van der Waals surface area contributed by atoms with Crippen LogP contribution in [0.1, 0.15) is 5.69 Å². The van der Waals surface area contributed by atoms with Crippen LogP contribution in [0.3, 0.4) is 0 Å². The number of hydrogen-bond acceptors (Lipinski definition) is 8. The third-order valence-corrected chi connectivity index (χ3v) is 5.31. The van der Waals surface area contributed by atoms with Crippen molar-refractivity contribution in [2.75, 3.05) is 30.8 Å². The quantitative estimate of drug-likeness (QED) is 0.457. The van der Waals surface area contributed by atoms with Gasteiger partial charge in [-0.3, -0.25) is 4.98 Å². The maximum Gasteiger partial charge on any atom is 0.242 e. The van der Waals surface area contributed by atoms with Crippen LogP contribution in [0.25, 0.3) is 0 Å². The average Bonchev–Trinajstić information content (AvgIpc) is 2.72. The topological polar surface area (TPSA) is 118 Å². The van der Waals surface area contributed by atoms with Crippen molar-refractivity contribution in [1.29, 1.82) is 0 Å². The first-order valence-electron chi connectivity index (χ1n) is 8.86. The zero-order chi connectivity index (χ0) is 20.7. The number of rotatable bonds is 9. The lowest BCUT2D eigenvalue weighted by Gasteiger charge is -2.11. The molecule has 0 bridgehead atoms. The molecular weight excluding hydrogens is 392 g/mol. The Morgan fingerprint density at radius 3 is 2.55 bits per heavy atom. The van der Waals surface area contributed by atoms with Gasteiger partial charge in [0, 0.05) is 42.9 Å². The van der Waals surface area contributed by atoms with E-state index in [0.717, 1.165) is 17.1 Å². The summed E-state index contributed by atoms with van der Waals surface area (Å²) < 4.78 is 32.0. The minimum absolute atomic E-state index is 0.123. The molecule has 10 heteroatoms. The Morgan fingerprint density at radius 2 is 1.86 bits per heavy atom. The monoisotopic (exact) mass is 414 g/mol. The van der Waals surface area contributed by atoms with E-state index in [-0.39, 0.29) is 11.4 Å². The van der Waals surface area contributed by atoms with Crippen LogP contribution in [-0.4, -0.2) is 43.6 Å². The lowest BCUT2D eigenvalue weighted by Crippen LogP contribution is -2.29. The van der Waals surface area contributed by atoms with Gasteiger partial charge >= 0.3 is 0 Å². The highest BCUT2D eigenvalue weighted by atomic mass is 32.2. The molecule has 0 aliphatic rings. The van der Waals surface area contributed by atoms with Crippen molar-refractivity contribution in [2.45, 2.75) is 11.8 Å². The Labute approximate surface area is 169 Å². The van der Waals surface area contributed by atoms with Crippen molar-refractivity contribution >= 4 is 27.5 Å². The maximum atomic E-state index is 12.2. The summed E-state index contributed by atoms with van der Waals surface area (Å²) in [6, 6.07) is 12.4. The molecule has 2 aromatic heterocycles. The predicted molar refractivity (Wildman–Crippen MR) is 111 cm³/mol. The number of aromatic nitrogens is 3. The van der Waals surface area contributed by atoms with Gasteiger partial charge in [-0.15, -0.1) is 0 Å². The Kier molecular flexibility index (Phi) is 6.57. The molecule has 3 rings (SSSR count). The van der Waals surface area contributed by atoms with Crippen LogP contribution in [0.15, 0.2) is 59.8 Å². The minimum atomic E-state index is -3.59. The molecule has 0 saturated carbocycles. The number of pyridine rings is 1. The second kappa shape index (κ2) is 9.30. The van der Waals surface area contributed by atoms with Gasteiger partial charge in [0.1, 0.15) is 16.5 Å². The van der Waals surface area contributed by atoms with Crippen LogP contribution in [-0.2, 0) is 10.0 Å². The Balaban J connectivity index is 1.57. The van der Waals surface area contributed by atoms with Gasteiger partial charge in [-0.05, 0) is 43.3 Å². The molecule has 3 N–H and O–H groups in total. The molecule has 3 aromatic rings. The minimum Gasteiger partial charge on any atom is -0.497 e. The van der Waals surface area contributed by atoms with E-state index in [1.165, 1.54) is 18.5 Å².